The van der Waals surface area contributed by atoms with Gasteiger partial charge < -0.3 is 20.5 Å². The third kappa shape index (κ3) is 9.91. The maximum Gasteiger partial charge on any atom is 0.407 e. The maximum absolute atomic E-state index is 13.1. The predicted molar refractivity (Wildman–Crippen MR) is 120 cm³/mol. The second-order valence-electron chi connectivity index (χ2n) is 8.66. The van der Waals surface area contributed by atoms with Crippen molar-refractivity contribution < 1.29 is 29.0 Å². The van der Waals surface area contributed by atoms with Gasteiger partial charge in [0.05, 0.1) is 13.2 Å². The zero-order chi connectivity index (χ0) is 24.3. The van der Waals surface area contributed by atoms with Crippen LogP contribution >= 0.6 is 0 Å². The largest absolute Gasteiger partial charge is 0.444 e. The number of rotatable bonds is 10. The van der Waals surface area contributed by atoms with Crippen LogP contribution in [0.3, 0.4) is 0 Å². The normalized spacial score (nSPS) is 11.9. The van der Waals surface area contributed by atoms with Gasteiger partial charge in [0, 0.05) is 25.1 Å². The van der Waals surface area contributed by atoms with Gasteiger partial charge in [-0.05, 0) is 44.4 Å². The lowest BCUT2D eigenvalue weighted by molar-refractivity contribution is -0.118. The van der Waals surface area contributed by atoms with E-state index in [9.17, 15) is 19.2 Å². The molecule has 0 aliphatic heterocycles. The number of amides is 4. The lowest BCUT2D eigenvalue weighted by Crippen LogP contribution is -2.47. The number of imide groups is 1. The first kappa shape index (κ1) is 27.1. The van der Waals surface area contributed by atoms with Crippen molar-refractivity contribution in [3.63, 3.8) is 0 Å². The molecule has 1 unspecified atom stereocenters. The number of alkyl carbamates (subject to hydrolysis) is 1. The molecular weight excluding hydrogens is 414 g/mol. The number of carbonyl (C=O) groups is 4. The van der Waals surface area contributed by atoms with E-state index in [-0.39, 0.29) is 49.9 Å². The Kier molecular flexibility index (Phi) is 10.8. The third-order valence-corrected chi connectivity index (χ3v) is 4.52. The Morgan fingerprint density at radius 3 is 2.44 bits per heavy atom. The minimum absolute atomic E-state index is 0.0632. The van der Waals surface area contributed by atoms with E-state index >= 15 is 0 Å². The van der Waals surface area contributed by atoms with Crippen molar-refractivity contribution in [2.45, 2.75) is 59.6 Å². The Balaban J connectivity index is 2.92. The summed E-state index contributed by atoms with van der Waals surface area (Å²) in [6, 6.07) is 5.95. The molecule has 0 aliphatic carbocycles. The number of hydrogen-bond acceptors (Lipinski definition) is 6. The van der Waals surface area contributed by atoms with E-state index in [1.165, 1.54) is 0 Å². The fourth-order valence-electron chi connectivity index (χ4n) is 2.64. The lowest BCUT2D eigenvalue weighted by Gasteiger charge is -2.24. The first-order valence-corrected chi connectivity index (χ1v) is 10.7. The van der Waals surface area contributed by atoms with Crippen molar-refractivity contribution >= 4 is 23.8 Å². The molecule has 0 spiro atoms. The topological polar surface area (TPSA) is 125 Å². The zero-order valence-electron chi connectivity index (χ0n) is 19.6. The minimum Gasteiger partial charge on any atom is -0.444 e. The summed E-state index contributed by atoms with van der Waals surface area (Å²) in [7, 11) is 0. The number of aliphatic hydroxyl groups is 1. The van der Waals surface area contributed by atoms with Crippen LogP contribution in [0.2, 0.25) is 0 Å². The van der Waals surface area contributed by atoms with Crippen molar-refractivity contribution in [2.24, 2.45) is 5.92 Å². The van der Waals surface area contributed by atoms with E-state index in [2.05, 4.69) is 10.6 Å². The molecule has 32 heavy (non-hydrogen) atoms. The highest BCUT2D eigenvalue weighted by atomic mass is 16.6. The summed E-state index contributed by atoms with van der Waals surface area (Å²) < 4.78 is 5.21. The predicted octanol–water partition coefficient (Wildman–Crippen LogP) is 2.86. The standard InChI is InChI=1S/C23H35N3O6/c1-6-16(2)15-26(21(30)24-14-19(28)10-11-27)20(29)18-9-7-8-17(12-18)13-25-22(31)32-23(3,4)5/h7-9,12,16,27H,6,10-11,13-15H2,1-5H3,(H,24,30)(H,25,31). The highest BCUT2D eigenvalue weighted by Crippen LogP contribution is 2.13. The number of nitrogens with zero attached hydrogens (tertiary/aromatic N) is 1. The molecule has 1 aromatic rings. The molecule has 0 radical (unpaired) electrons. The fraction of sp³-hybridized carbons (Fsp3) is 0.565. The van der Waals surface area contributed by atoms with E-state index in [1.807, 2.05) is 13.8 Å². The van der Waals surface area contributed by atoms with Gasteiger partial charge in [-0.1, -0.05) is 32.4 Å². The van der Waals surface area contributed by atoms with Gasteiger partial charge in [-0.2, -0.15) is 0 Å². The minimum atomic E-state index is -0.668. The summed E-state index contributed by atoms with van der Waals surface area (Å²) in [5.41, 5.74) is 0.335. The highest BCUT2D eigenvalue weighted by Gasteiger charge is 2.25. The van der Waals surface area contributed by atoms with Crippen molar-refractivity contribution in [2.75, 3.05) is 19.7 Å². The zero-order valence-corrected chi connectivity index (χ0v) is 19.6. The molecule has 0 aromatic heterocycles. The van der Waals surface area contributed by atoms with Gasteiger partial charge in [0.15, 0.2) is 5.78 Å². The Morgan fingerprint density at radius 1 is 1.16 bits per heavy atom. The summed E-state index contributed by atoms with van der Waals surface area (Å²) in [5.74, 6) is -0.765. The monoisotopic (exact) mass is 449 g/mol. The van der Waals surface area contributed by atoms with Gasteiger partial charge >= 0.3 is 12.1 Å². The number of ether oxygens (including phenoxy) is 1. The average Bonchev–Trinajstić information content (AvgIpc) is 2.73. The van der Waals surface area contributed by atoms with Crippen LogP contribution in [0.5, 0.6) is 0 Å². The van der Waals surface area contributed by atoms with E-state index in [1.54, 1.807) is 45.0 Å². The van der Waals surface area contributed by atoms with Gasteiger partial charge in [-0.25, -0.2) is 9.59 Å². The molecule has 0 fully saturated rings. The van der Waals surface area contributed by atoms with Gasteiger partial charge in [0.1, 0.15) is 5.60 Å². The van der Waals surface area contributed by atoms with Crippen LogP contribution in [0.4, 0.5) is 9.59 Å². The van der Waals surface area contributed by atoms with Crippen LogP contribution in [-0.4, -0.2) is 59.1 Å². The van der Waals surface area contributed by atoms with E-state index in [4.69, 9.17) is 9.84 Å². The molecule has 9 nitrogen and oxygen atoms in total. The van der Waals surface area contributed by atoms with Gasteiger partial charge in [-0.3, -0.25) is 14.5 Å². The van der Waals surface area contributed by atoms with Crippen molar-refractivity contribution in [3.05, 3.63) is 35.4 Å². The summed E-state index contributed by atoms with van der Waals surface area (Å²) in [6.07, 6.45) is 0.131. The molecule has 178 valence electrons. The second-order valence-corrected chi connectivity index (χ2v) is 8.66. The number of hydrogen-bond donors (Lipinski definition) is 3. The molecule has 1 atom stereocenters. The summed E-state index contributed by atoms with van der Waals surface area (Å²) in [5, 5.41) is 13.9. The Morgan fingerprint density at radius 2 is 1.84 bits per heavy atom. The fourth-order valence-corrected chi connectivity index (χ4v) is 2.64. The molecule has 0 bridgehead atoms. The second kappa shape index (κ2) is 12.8. The molecule has 0 aliphatic rings. The molecule has 1 aromatic carbocycles. The molecule has 3 N–H and O–H groups in total. The third-order valence-electron chi connectivity index (χ3n) is 4.52. The average molecular weight is 450 g/mol. The van der Waals surface area contributed by atoms with Crippen LogP contribution in [0.15, 0.2) is 24.3 Å². The van der Waals surface area contributed by atoms with Crippen molar-refractivity contribution in [1.29, 1.82) is 0 Å². The smallest absolute Gasteiger partial charge is 0.407 e. The summed E-state index contributed by atoms with van der Waals surface area (Å²) in [4.78, 5) is 50.4. The Hall–Kier alpha value is -2.94. The number of carbonyl (C=O) groups excluding carboxylic acids is 4. The van der Waals surface area contributed by atoms with Gasteiger partial charge in [-0.15, -0.1) is 0 Å². The van der Waals surface area contributed by atoms with Crippen LogP contribution < -0.4 is 10.6 Å². The molecule has 1 rings (SSSR count). The number of ketones is 1. The number of aliphatic hydroxyl groups excluding tert-OH is 1. The Bertz CT molecular complexity index is 803. The van der Waals surface area contributed by atoms with Gasteiger partial charge in [0.25, 0.3) is 5.91 Å². The highest BCUT2D eigenvalue weighted by molar-refractivity contribution is 6.04. The first-order chi connectivity index (χ1) is 15.0. The van der Waals surface area contributed by atoms with Crippen molar-refractivity contribution in [1.82, 2.24) is 15.5 Å². The summed E-state index contributed by atoms with van der Waals surface area (Å²) in [6.45, 7) is 8.96. The maximum atomic E-state index is 13.1. The molecule has 9 heteroatoms. The summed E-state index contributed by atoms with van der Waals surface area (Å²) >= 11 is 0. The Labute approximate surface area is 189 Å². The quantitative estimate of drug-likeness (QED) is 0.504. The first-order valence-electron chi connectivity index (χ1n) is 10.7. The van der Waals surface area contributed by atoms with Crippen LogP contribution in [-0.2, 0) is 16.1 Å². The van der Waals surface area contributed by atoms with E-state index < -0.39 is 23.6 Å². The van der Waals surface area contributed by atoms with Crippen LogP contribution in [0, 0.1) is 5.92 Å². The van der Waals surface area contributed by atoms with E-state index in [0.29, 0.717) is 5.56 Å². The lowest BCUT2D eigenvalue weighted by atomic mass is 10.1. The SMILES string of the molecule is CCC(C)CN(C(=O)NCC(=O)CCO)C(=O)c1cccc(CNC(=O)OC(C)(C)C)c1. The number of nitrogens with one attached hydrogen (secondary N) is 2. The van der Waals surface area contributed by atoms with Crippen molar-refractivity contribution in [3.8, 4) is 0 Å². The van der Waals surface area contributed by atoms with Crippen LogP contribution in [0.25, 0.3) is 0 Å². The molecule has 4 amide bonds. The molecule has 0 saturated carbocycles. The number of Topliss-reactive ketones (excluding diaryl/α,β-unsaturated/α-hetero) is 1. The molecular formula is C23H35N3O6. The van der Waals surface area contributed by atoms with Crippen LogP contribution in [0.1, 0.15) is 63.4 Å². The van der Waals surface area contributed by atoms with Gasteiger partial charge in [0.2, 0.25) is 0 Å². The van der Waals surface area contributed by atoms with E-state index in [0.717, 1.165) is 11.3 Å². The molecule has 0 heterocycles. The molecule has 0 saturated heterocycles. The number of urea groups is 1. The number of benzene rings is 1.